The number of phosphoric acid groups is 3. The van der Waals surface area contributed by atoms with Crippen molar-refractivity contribution in [2.24, 2.45) is 0 Å². The third-order valence-electron chi connectivity index (χ3n) is 17.9. The zero-order valence-electron chi connectivity index (χ0n) is 63.5. The quantitative estimate of drug-likeness (QED) is 0.00341. The first-order chi connectivity index (χ1) is 53.1. The van der Waals surface area contributed by atoms with Gasteiger partial charge in [-0.25, -0.2) is 26.9 Å². The highest BCUT2D eigenvalue weighted by Gasteiger charge is 2.46. The molecule has 0 saturated carbocycles. The van der Waals surface area contributed by atoms with E-state index in [4.69, 9.17) is 47.5 Å². The molecule has 0 spiro atoms. The lowest BCUT2D eigenvalue weighted by Crippen LogP contribution is -2.34. The van der Waals surface area contributed by atoms with E-state index < -0.39 is 94.1 Å². The zero-order chi connectivity index (χ0) is 81.9. The Morgan fingerprint density at radius 1 is 0.795 bits per heavy atom. The molecular weight excluding hydrogens is 1540 g/mol. The molecule has 1 saturated heterocycles. The molecule has 5 aromatic rings. The molecule has 3 aliphatic heterocycles. The summed E-state index contributed by atoms with van der Waals surface area (Å²) in [6, 6.07) is 26.6. The maximum Gasteiger partial charge on any atom is 0.490 e. The van der Waals surface area contributed by atoms with Crippen LogP contribution < -0.4 is 36.3 Å². The number of ether oxygens (including phenoxy) is 7. The number of para-hydroxylation sites is 1. The fourth-order valence-corrected chi connectivity index (χ4v) is 16.0. The van der Waals surface area contributed by atoms with Crippen LogP contribution in [0.5, 0.6) is 17.2 Å². The van der Waals surface area contributed by atoms with Gasteiger partial charge in [0, 0.05) is 91.6 Å². The average Bonchev–Trinajstić information content (AvgIpc) is 1.59. The van der Waals surface area contributed by atoms with Crippen molar-refractivity contribution in [1.82, 2.24) is 20.2 Å². The highest BCUT2D eigenvalue weighted by Crippen LogP contribution is 2.66. The number of Topliss-reactive ketones (excluding diaryl/α,β-unsaturated/α-hetero) is 1. The number of aromatic hydroxyl groups is 1. The van der Waals surface area contributed by atoms with Crippen molar-refractivity contribution in [2.45, 2.75) is 153 Å². The summed E-state index contributed by atoms with van der Waals surface area (Å²) in [4.78, 5) is 104. The Kier molecular flexibility index (Phi) is 34.8. The monoisotopic (exact) mass is 1640 g/mol. The van der Waals surface area contributed by atoms with E-state index in [-0.39, 0.29) is 72.9 Å². The number of nitrogens with zero attached hydrogens (tertiary/aromatic N) is 3. The topological polar surface area (TPSA) is 438 Å². The number of phosphoric ester groups is 1. The fraction of sp³-hybridized carbons (Fsp3) is 0.447. The zero-order valence-corrected chi connectivity index (χ0v) is 67.0. The largest absolute Gasteiger partial charge is 0.744 e. The van der Waals surface area contributed by atoms with Gasteiger partial charge in [0.1, 0.15) is 59.7 Å². The number of rotatable bonds is 46. The summed E-state index contributed by atoms with van der Waals surface area (Å²) in [5.74, 6) is 0.867. The number of nitrogens with one attached hydrogen (secondary N) is 3. The van der Waals surface area contributed by atoms with Crippen molar-refractivity contribution >= 4 is 74.3 Å². The van der Waals surface area contributed by atoms with Gasteiger partial charge in [-0.3, -0.25) is 33.3 Å². The van der Waals surface area contributed by atoms with Crippen molar-refractivity contribution in [3.8, 4) is 17.2 Å². The van der Waals surface area contributed by atoms with E-state index in [0.29, 0.717) is 49.6 Å². The van der Waals surface area contributed by atoms with Gasteiger partial charge in [-0.1, -0.05) is 108 Å². The summed E-state index contributed by atoms with van der Waals surface area (Å²) in [5.41, 5.74) is 4.21. The molecule has 1 fully saturated rings. The van der Waals surface area contributed by atoms with E-state index in [2.05, 4.69) is 124 Å². The number of unbranched alkanes of at least 4 members (excludes halogenated alkanes) is 4. The van der Waals surface area contributed by atoms with Gasteiger partial charge in [0.15, 0.2) is 24.3 Å². The van der Waals surface area contributed by atoms with E-state index in [0.717, 1.165) is 91.3 Å². The second-order valence-electron chi connectivity index (χ2n) is 27.1. The van der Waals surface area contributed by atoms with Crippen LogP contribution in [-0.4, -0.2) is 166 Å². The number of anilines is 1. The predicted octanol–water partition coefficient (Wildman–Crippen LogP) is 10.7. The lowest BCUT2D eigenvalue weighted by Gasteiger charge is -2.27. The number of ketones is 1. The Labute approximate surface area is 651 Å². The van der Waals surface area contributed by atoms with E-state index in [1.54, 1.807) is 54.6 Å². The van der Waals surface area contributed by atoms with Gasteiger partial charge in [0.25, 0.3) is 5.56 Å². The summed E-state index contributed by atoms with van der Waals surface area (Å²) in [5, 5.41) is 15.1. The van der Waals surface area contributed by atoms with Gasteiger partial charge >= 0.3 is 29.2 Å². The maximum atomic E-state index is 12.9. The molecule has 4 aromatic carbocycles. The summed E-state index contributed by atoms with van der Waals surface area (Å²) in [6.45, 7) is 20.7. The van der Waals surface area contributed by atoms with Crippen LogP contribution in [0.15, 0.2) is 167 Å². The molecule has 3 aliphatic rings. The van der Waals surface area contributed by atoms with Gasteiger partial charge in [-0.15, -0.1) is 13.2 Å². The molecule has 4 unspecified atom stereocenters. The fourth-order valence-electron chi connectivity index (χ4n) is 12.5. The van der Waals surface area contributed by atoms with Gasteiger partial charge < -0.3 is 77.9 Å². The molecule has 0 bridgehead atoms. The van der Waals surface area contributed by atoms with Crippen LogP contribution in [0.2, 0.25) is 0 Å². The van der Waals surface area contributed by atoms with E-state index >= 15 is 0 Å². The molecule has 112 heavy (non-hydrogen) atoms. The van der Waals surface area contributed by atoms with Crippen LogP contribution in [0.3, 0.4) is 0 Å². The van der Waals surface area contributed by atoms with Crippen molar-refractivity contribution in [3.63, 3.8) is 0 Å². The number of carbonyl (C=O) groups is 3. The normalized spacial score (nSPS) is 18.2. The second-order valence-corrected chi connectivity index (χ2v) is 32.9. The van der Waals surface area contributed by atoms with E-state index in [9.17, 15) is 65.5 Å². The van der Waals surface area contributed by atoms with Crippen LogP contribution in [0.1, 0.15) is 145 Å². The number of benzene rings is 4. The average molecular weight is 1640 g/mol. The van der Waals surface area contributed by atoms with Gasteiger partial charge in [-0.2, -0.15) is 13.2 Å². The summed E-state index contributed by atoms with van der Waals surface area (Å²) < 4.78 is 126. The van der Waals surface area contributed by atoms with E-state index in [1.165, 1.54) is 47.7 Å². The Bertz CT molecular complexity index is 4570. The van der Waals surface area contributed by atoms with Crippen LogP contribution in [-0.2, 0) is 81.1 Å². The van der Waals surface area contributed by atoms with Crippen molar-refractivity contribution < 1.29 is 117 Å². The molecule has 0 radical (unpaired) electrons. The SMILES string of the molecule is C=CCOCOC1C[C@H](n2cc(/C=C/CNC(=O)COC(COc3cccc(C(=O)CCCCC)c3)OCC=C)c(=O)[nH]c2=O)O[C@@H]1COP(=O)(O)OP(=O)(O)OP(=O)(O)O.CCCNC(=O)CCCCCN1/C(=C/C=C/C2=[N+](CCCOc3ccc(O)cc3)c3ccccc3C2(C)C)C(C)(C)c2cc(S(=O)(=O)[O-])ccc21. The first-order valence-electron chi connectivity index (χ1n) is 36.4. The Hall–Kier alpha value is -8.14. The van der Waals surface area contributed by atoms with Crippen molar-refractivity contribution in [3.05, 3.63) is 196 Å². The third-order valence-corrected chi connectivity index (χ3v) is 22.6. The molecular formula is C76H101N6O26P3S. The minimum Gasteiger partial charge on any atom is -0.744 e. The lowest BCUT2D eigenvalue weighted by molar-refractivity contribution is -0.438. The summed E-state index contributed by atoms with van der Waals surface area (Å²) >= 11 is 0. The number of hydrogen-bond acceptors (Lipinski definition) is 23. The molecule has 6 atom stereocenters. The molecule has 2 amide bonds. The van der Waals surface area contributed by atoms with Crippen LogP contribution in [0.25, 0.3) is 6.08 Å². The first-order valence-corrected chi connectivity index (χ1v) is 42.4. The molecule has 36 heteroatoms. The number of H-pyrrole nitrogens is 1. The Morgan fingerprint density at radius 3 is 2.25 bits per heavy atom. The molecule has 8 rings (SSSR count). The maximum absolute atomic E-state index is 12.9. The second kappa shape index (κ2) is 42.8. The number of aromatic amines is 1. The number of carbonyl (C=O) groups excluding carboxylic acids is 3. The van der Waals surface area contributed by atoms with Crippen LogP contribution in [0.4, 0.5) is 11.4 Å². The number of phenols is 1. The Morgan fingerprint density at radius 2 is 1.54 bits per heavy atom. The highest BCUT2D eigenvalue weighted by molar-refractivity contribution is 7.85. The predicted molar refractivity (Wildman–Crippen MR) is 415 cm³/mol. The number of fused-ring (bicyclic) bond motifs is 2. The Balaban J connectivity index is 0.000000315. The molecule has 4 heterocycles. The molecule has 0 aliphatic carbocycles. The summed E-state index contributed by atoms with van der Waals surface area (Å²) in [7, 11) is -21.6. The van der Waals surface area contributed by atoms with Gasteiger partial charge in [-0.05, 0) is 106 Å². The lowest BCUT2D eigenvalue weighted by atomic mass is 9.81. The molecule has 8 N–H and O–H groups in total. The number of hydrogen-bond donors (Lipinski definition) is 8. The molecule has 612 valence electrons. The first kappa shape index (κ1) is 91.0. The van der Waals surface area contributed by atoms with Crippen LogP contribution in [0, 0.1) is 0 Å². The van der Waals surface area contributed by atoms with Crippen molar-refractivity contribution in [2.75, 3.05) is 77.5 Å². The third kappa shape index (κ3) is 27.9. The van der Waals surface area contributed by atoms with E-state index in [1.807, 2.05) is 6.92 Å². The molecule has 32 nitrogen and oxygen atoms in total. The minimum absolute atomic E-state index is 0.00615. The van der Waals surface area contributed by atoms with Gasteiger partial charge in [0.2, 0.25) is 17.5 Å². The number of aromatic nitrogens is 2. The number of allylic oxidation sites excluding steroid dienone is 4. The number of amides is 2. The smallest absolute Gasteiger partial charge is 0.490 e. The van der Waals surface area contributed by atoms with Crippen molar-refractivity contribution in [1.29, 1.82) is 0 Å². The van der Waals surface area contributed by atoms with Crippen LogP contribution >= 0.6 is 23.5 Å². The highest BCUT2D eigenvalue weighted by atomic mass is 32.2. The number of phenolic OH excluding ortho intramolecular Hbond substituents is 1. The molecule has 1 aromatic heterocycles. The van der Waals surface area contributed by atoms with Gasteiger partial charge in [0.05, 0.1) is 48.4 Å². The minimum atomic E-state index is -5.80. The standard InChI is InChI=1S/C41H51N3O6S.C35H50N3O20P3/c1-6-25-42-39(46)18-8-7-11-26-43-36-24-23-32(51(47,48)49)29-34(36)41(4,5)38(43)17-12-16-37-40(2,3)33-14-9-10-15-35(33)44(37)27-13-28-50-31-21-19-30(45)20-22-31;1-4-7-8-14-28(39)25-11-9-13-27(18-25)52-23-33(51-17-6-3)53-22-31(40)36-15-10-12-26-20-38(35(42)37-34(26)41)32-19-29(54-24-50-16-5-2)30(56-32)21-55-60(46,47)58-61(48,49)57-59(43,44)45/h9-10,12,14-17,19-24,29H,6-8,11,13,18,25-28H2,1-5H3,(H2-,42,45,46,47,48,49);5-6,9-13,18,20,29-30,32-33H,2-4,7-8,14-17,19,21-24H2,1H3,(H,36,40)(H,46,47)(H,48,49)(H,37,41,42)(H2,43,44,45)/b;12-10+/t;29?,30-,32-,33?/m.1/s1. The summed E-state index contributed by atoms with van der Waals surface area (Å²) in [6.07, 6.45) is 16.4.